The van der Waals surface area contributed by atoms with Crippen LogP contribution in [-0.2, 0) is 4.79 Å². The van der Waals surface area contributed by atoms with Crippen molar-refractivity contribution in [1.29, 1.82) is 0 Å². The molecule has 1 N–H and O–H groups in total. The van der Waals surface area contributed by atoms with Crippen molar-refractivity contribution in [3.63, 3.8) is 0 Å². The van der Waals surface area contributed by atoms with Crippen molar-refractivity contribution in [2.24, 2.45) is 5.92 Å². The standard InChI is InChI=1S/C13H27NO/c1-6-11(7-2)10-12(15)8-9-14-13(3,4)5/h11,14H,6-10H2,1-5H3. The van der Waals surface area contributed by atoms with Gasteiger partial charge in [0, 0.05) is 24.9 Å². The van der Waals surface area contributed by atoms with Crippen molar-refractivity contribution in [3.05, 3.63) is 0 Å². The second kappa shape index (κ2) is 7.00. The Hall–Kier alpha value is -0.370. The van der Waals surface area contributed by atoms with Crippen molar-refractivity contribution in [2.75, 3.05) is 6.54 Å². The van der Waals surface area contributed by atoms with Crippen molar-refractivity contribution in [3.8, 4) is 0 Å². The largest absolute Gasteiger partial charge is 0.312 e. The summed E-state index contributed by atoms with van der Waals surface area (Å²) in [6.07, 6.45) is 3.68. The van der Waals surface area contributed by atoms with Crippen LogP contribution in [0, 0.1) is 5.92 Å². The predicted molar refractivity (Wildman–Crippen MR) is 66.1 cm³/mol. The average Bonchev–Trinajstić information content (AvgIpc) is 2.12. The van der Waals surface area contributed by atoms with Gasteiger partial charge >= 0.3 is 0 Å². The SMILES string of the molecule is CCC(CC)CC(=O)CCNC(C)(C)C. The number of carbonyl (C=O) groups is 1. The maximum absolute atomic E-state index is 11.6. The highest BCUT2D eigenvalue weighted by Gasteiger charge is 2.12. The first-order chi connectivity index (χ1) is 6.89. The molecule has 0 aliphatic carbocycles. The summed E-state index contributed by atoms with van der Waals surface area (Å²) in [6.45, 7) is 11.5. The molecule has 0 fully saturated rings. The fourth-order valence-electron chi connectivity index (χ4n) is 1.58. The van der Waals surface area contributed by atoms with Crippen LogP contribution < -0.4 is 5.32 Å². The fourth-order valence-corrected chi connectivity index (χ4v) is 1.58. The van der Waals surface area contributed by atoms with Gasteiger partial charge in [-0.15, -0.1) is 0 Å². The Bertz CT molecular complexity index is 177. The lowest BCUT2D eigenvalue weighted by Gasteiger charge is -2.20. The molecule has 0 aromatic carbocycles. The first-order valence-electron chi connectivity index (χ1n) is 6.15. The highest BCUT2D eigenvalue weighted by molar-refractivity contribution is 5.78. The fraction of sp³-hybridized carbons (Fsp3) is 0.923. The topological polar surface area (TPSA) is 29.1 Å². The molecule has 0 aliphatic heterocycles. The summed E-state index contributed by atoms with van der Waals surface area (Å²) in [5.74, 6) is 0.993. The molecule has 0 aromatic heterocycles. The van der Waals surface area contributed by atoms with Gasteiger partial charge in [0.15, 0.2) is 0 Å². The zero-order valence-corrected chi connectivity index (χ0v) is 11.0. The average molecular weight is 213 g/mol. The Morgan fingerprint density at radius 1 is 1.20 bits per heavy atom. The van der Waals surface area contributed by atoms with Gasteiger partial charge in [-0.1, -0.05) is 26.7 Å². The van der Waals surface area contributed by atoms with E-state index in [-0.39, 0.29) is 5.54 Å². The van der Waals surface area contributed by atoms with Crippen LogP contribution >= 0.6 is 0 Å². The second-order valence-electron chi connectivity index (χ2n) is 5.35. The van der Waals surface area contributed by atoms with Gasteiger partial charge in [-0.05, 0) is 26.7 Å². The van der Waals surface area contributed by atoms with E-state index in [1.807, 2.05) is 0 Å². The Balaban J connectivity index is 3.66. The molecule has 0 amide bonds. The lowest BCUT2D eigenvalue weighted by atomic mass is 9.96. The van der Waals surface area contributed by atoms with E-state index in [9.17, 15) is 4.79 Å². The van der Waals surface area contributed by atoms with E-state index in [0.717, 1.165) is 25.8 Å². The molecular formula is C13H27NO. The quantitative estimate of drug-likeness (QED) is 0.704. The highest BCUT2D eigenvalue weighted by atomic mass is 16.1. The summed E-state index contributed by atoms with van der Waals surface area (Å²) in [5.41, 5.74) is 0.120. The van der Waals surface area contributed by atoms with E-state index in [1.165, 1.54) is 0 Å². The van der Waals surface area contributed by atoms with Crippen molar-refractivity contribution < 1.29 is 4.79 Å². The summed E-state index contributed by atoms with van der Waals surface area (Å²) >= 11 is 0. The summed E-state index contributed by atoms with van der Waals surface area (Å²) in [5, 5.41) is 3.34. The molecule has 0 unspecified atom stereocenters. The first-order valence-corrected chi connectivity index (χ1v) is 6.15. The van der Waals surface area contributed by atoms with E-state index in [2.05, 4.69) is 39.9 Å². The van der Waals surface area contributed by atoms with Gasteiger partial charge in [0.1, 0.15) is 5.78 Å². The molecule has 0 spiro atoms. The Morgan fingerprint density at radius 2 is 1.73 bits per heavy atom. The molecule has 0 rings (SSSR count). The van der Waals surface area contributed by atoms with Gasteiger partial charge in [-0.25, -0.2) is 0 Å². The normalized spacial score (nSPS) is 12.1. The van der Waals surface area contributed by atoms with Crippen LogP contribution in [0.3, 0.4) is 0 Å². The molecule has 0 bridgehead atoms. The van der Waals surface area contributed by atoms with E-state index in [0.29, 0.717) is 18.1 Å². The van der Waals surface area contributed by atoms with Crippen LogP contribution in [0.15, 0.2) is 0 Å². The third-order valence-corrected chi connectivity index (χ3v) is 2.73. The maximum Gasteiger partial charge on any atom is 0.134 e. The lowest BCUT2D eigenvalue weighted by molar-refractivity contribution is -0.120. The van der Waals surface area contributed by atoms with Gasteiger partial charge in [0.2, 0.25) is 0 Å². The molecule has 0 aromatic rings. The van der Waals surface area contributed by atoms with E-state index in [1.54, 1.807) is 0 Å². The van der Waals surface area contributed by atoms with Gasteiger partial charge in [0.25, 0.3) is 0 Å². The molecule has 0 heterocycles. The van der Waals surface area contributed by atoms with Gasteiger partial charge < -0.3 is 5.32 Å². The molecule has 0 atom stereocenters. The smallest absolute Gasteiger partial charge is 0.134 e. The lowest BCUT2D eigenvalue weighted by Crippen LogP contribution is -2.37. The molecule has 15 heavy (non-hydrogen) atoms. The molecule has 2 heteroatoms. The van der Waals surface area contributed by atoms with Gasteiger partial charge in [-0.2, -0.15) is 0 Å². The summed E-state index contributed by atoms with van der Waals surface area (Å²) in [6, 6.07) is 0. The number of hydrogen-bond acceptors (Lipinski definition) is 2. The van der Waals surface area contributed by atoms with Gasteiger partial charge in [0.05, 0.1) is 0 Å². The second-order valence-corrected chi connectivity index (χ2v) is 5.35. The van der Waals surface area contributed by atoms with Crippen LogP contribution in [0.5, 0.6) is 0 Å². The molecule has 0 saturated heterocycles. The molecule has 0 radical (unpaired) electrons. The Kier molecular flexibility index (Phi) is 6.82. The minimum absolute atomic E-state index is 0.120. The number of carbonyl (C=O) groups excluding carboxylic acids is 1. The minimum atomic E-state index is 0.120. The minimum Gasteiger partial charge on any atom is -0.312 e. The van der Waals surface area contributed by atoms with Crippen LogP contribution in [0.2, 0.25) is 0 Å². The zero-order valence-electron chi connectivity index (χ0n) is 11.0. The zero-order chi connectivity index (χ0) is 11.9. The Morgan fingerprint density at radius 3 is 2.13 bits per heavy atom. The van der Waals surface area contributed by atoms with Crippen LogP contribution in [0.1, 0.15) is 60.3 Å². The Labute approximate surface area is 94.8 Å². The third-order valence-electron chi connectivity index (χ3n) is 2.73. The van der Waals surface area contributed by atoms with Gasteiger partial charge in [-0.3, -0.25) is 4.79 Å². The highest BCUT2D eigenvalue weighted by Crippen LogP contribution is 2.13. The van der Waals surface area contributed by atoms with Crippen LogP contribution in [-0.4, -0.2) is 17.9 Å². The van der Waals surface area contributed by atoms with E-state index < -0.39 is 0 Å². The number of hydrogen-bond donors (Lipinski definition) is 1. The summed E-state index contributed by atoms with van der Waals surface area (Å²) in [4.78, 5) is 11.6. The van der Waals surface area contributed by atoms with Crippen LogP contribution in [0.4, 0.5) is 0 Å². The summed E-state index contributed by atoms with van der Waals surface area (Å²) < 4.78 is 0. The molecule has 0 aliphatic rings. The van der Waals surface area contributed by atoms with Crippen LogP contribution in [0.25, 0.3) is 0 Å². The monoisotopic (exact) mass is 213 g/mol. The maximum atomic E-state index is 11.6. The summed E-state index contributed by atoms with van der Waals surface area (Å²) in [7, 11) is 0. The predicted octanol–water partition coefficient (Wildman–Crippen LogP) is 3.16. The van der Waals surface area contributed by atoms with E-state index >= 15 is 0 Å². The molecule has 90 valence electrons. The molecule has 2 nitrogen and oxygen atoms in total. The van der Waals surface area contributed by atoms with Crippen molar-refractivity contribution in [1.82, 2.24) is 5.32 Å². The number of rotatable bonds is 7. The third kappa shape index (κ3) is 8.61. The van der Waals surface area contributed by atoms with E-state index in [4.69, 9.17) is 0 Å². The molecule has 0 saturated carbocycles. The number of ketones is 1. The van der Waals surface area contributed by atoms with Crippen molar-refractivity contribution in [2.45, 2.75) is 65.8 Å². The number of nitrogens with one attached hydrogen (secondary N) is 1. The van der Waals surface area contributed by atoms with Crippen molar-refractivity contribution >= 4 is 5.78 Å². The first kappa shape index (κ1) is 14.6. The molecular weight excluding hydrogens is 186 g/mol. The number of Topliss-reactive ketones (excluding diaryl/α,β-unsaturated/α-hetero) is 1.